The van der Waals surface area contributed by atoms with Crippen LogP contribution in [0.15, 0.2) is 60.8 Å². The van der Waals surface area contributed by atoms with Crippen LogP contribution in [0.5, 0.6) is 11.6 Å². The van der Waals surface area contributed by atoms with E-state index in [0.29, 0.717) is 62.3 Å². The summed E-state index contributed by atoms with van der Waals surface area (Å²) in [6, 6.07) is 16.1. The van der Waals surface area contributed by atoms with Crippen molar-refractivity contribution in [3.63, 3.8) is 0 Å². The first-order valence-corrected chi connectivity index (χ1v) is 18.2. The lowest BCUT2D eigenvalue weighted by molar-refractivity contribution is -0.119. The first-order valence-electron chi connectivity index (χ1n) is 16.3. The van der Waals surface area contributed by atoms with Gasteiger partial charge in [0.1, 0.15) is 10.5 Å². The highest BCUT2D eigenvalue weighted by Crippen LogP contribution is 2.42. The summed E-state index contributed by atoms with van der Waals surface area (Å²) >= 11 is 12.8. The van der Waals surface area contributed by atoms with Crippen molar-refractivity contribution < 1.29 is 28.7 Å². The molecule has 2 aromatic carbocycles. The number of benzene rings is 2. The summed E-state index contributed by atoms with van der Waals surface area (Å²) in [5.74, 6) is 0.773. The first-order chi connectivity index (χ1) is 24.2. The van der Waals surface area contributed by atoms with Crippen molar-refractivity contribution in [3.05, 3.63) is 82.0 Å². The van der Waals surface area contributed by atoms with Crippen molar-refractivity contribution in [1.82, 2.24) is 24.9 Å². The molecule has 5 rings (SSSR count). The van der Waals surface area contributed by atoms with Crippen molar-refractivity contribution in [1.29, 1.82) is 0 Å². The molecule has 51 heavy (non-hydrogen) atoms. The Hall–Kier alpha value is -4.07. The lowest BCUT2D eigenvalue weighted by Crippen LogP contribution is -2.41. The molecule has 3 atom stereocenters. The molecule has 11 nitrogen and oxygen atoms in total. The van der Waals surface area contributed by atoms with Crippen LogP contribution in [-0.4, -0.2) is 68.1 Å². The molecule has 2 amide bonds. The van der Waals surface area contributed by atoms with Crippen LogP contribution in [0, 0.1) is 0 Å². The van der Waals surface area contributed by atoms with E-state index in [9.17, 15) is 19.2 Å². The van der Waals surface area contributed by atoms with Crippen LogP contribution in [0.2, 0.25) is 10.0 Å². The lowest BCUT2D eigenvalue weighted by atomic mass is 9.98. The van der Waals surface area contributed by atoms with E-state index < -0.39 is 22.2 Å². The largest absolute Gasteiger partial charge is 0.598 e. The van der Waals surface area contributed by atoms with E-state index in [1.807, 2.05) is 64.1 Å². The summed E-state index contributed by atoms with van der Waals surface area (Å²) in [7, 11) is 3.06. The number of nitrogens with zero attached hydrogens (tertiary/aromatic N) is 3. The van der Waals surface area contributed by atoms with Gasteiger partial charge in [-0.2, -0.15) is 0 Å². The number of amides is 2. The molecule has 1 aliphatic rings. The molecule has 0 spiro atoms. The highest BCUT2D eigenvalue weighted by atomic mass is 35.5. The third-order valence-electron chi connectivity index (χ3n) is 8.56. The molecule has 1 fully saturated rings. The third kappa shape index (κ3) is 8.70. The van der Waals surface area contributed by atoms with Gasteiger partial charge in [0.25, 0.3) is 0 Å². The number of halogens is 2. The molecule has 14 heteroatoms. The topological polar surface area (TPSA) is 149 Å². The molecular formula is C37H41Cl2N5O6S. The molecule has 4 aromatic rings. The zero-order valence-corrected chi connectivity index (χ0v) is 31.6. The molecule has 2 aromatic heterocycles. The Morgan fingerprint density at radius 3 is 2.47 bits per heavy atom. The van der Waals surface area contributed by atoms with Gasteiger partial charge in [0.15, 0.2) is 0 Å². The van der Waals surface area contributed by atoms with Gasteiger partial charge in [-0.15, -0.1) is 4.72 Å². The van der Waals surface area contributed by atoms with Crippen LogP contribution < -0.4 is 19.5 Å². The highest BCUT2D eigenvalue weighted by Gasteiger charge is 2.30. The van der Waals surface area contributed by atoms with Crippen molar-refractivity contribution in [2.24, 2.45) is 0 Å². The minimum absolute atomic E-state index is 0.0267. The molecule has 0 aliphatic carbocycles. The van der Waals surface area contributed by atoms with E-state index in [0.717, 1.165) is 11.1 Å². The van der Waals surface area contributed by atoms with Crippen LogP contribution in [-0.2, 0) is 22.7 Å². The minimum atomic E-state index is -1.27. The predicted molar refractivity (Wildman–Crippen MR) is 201 cm³/mol. The number of hydrogen-bond donors (Lipinski definition) is 3. The number of carbonyl (C=O) groups is 2. The first kappa shape index (κ1) is 38.2. The summed E-state index contributed by atoms with van der Waals surface area (Å²) in [5.41, 5.74) is 5.13. The second kappa shape index (κ2) is 16.1. The van der Waals surface area contributed by atoms with Gasteiger partial charge in [0.05, 0.1) is 48.2 Å². The van der Waals surface area contributed by atoms with Gasteiger partial charge in [-0.25, -0.2) is 9.78 Å². The van der Waals surface area contributed by atoms with E-state index >= 15 is 0 Å². The Balaban J connectivity index is 1.43. The fourth-order valence-corrected chi connectivity index (χ4v) is 7.27. The van der Waals surface area contributed by atoms with Crippen molar-refractivity contribution in [3.8, 4) is 45.3 Å². The van der Waals surface area contributed by atoms with E-state index in [2.05, 4.69) is 15.0 Å². The summed E-state index contributed by atoms with van der Waals surface area (Å²) < 4.78 is 26.8. The fourth-order valence-electron chi connectivity index (χ4n) is 5.82. The van der Waals surface area contributed by atoms with E-state index in [1.165, 1.54) is 12.0 Å². The van der Waals surface area contributed by atoms with Crippen LogP contribution >= 0.6 is 23.2 Å². The SMILES string of the molecule is COc1cc(-c2nccc(-c3cccc(-c4ccc(CN(C[C@@H]5CCC(=O)N5)C(=O)O)c(OC)n4)c3Cl)c2Cl)ccc1C(C)N[S+]([O-])C(C)(C)C. The van der Waals surface area contributed by atoms with Gasteiger partial charge >= 0.3 is 6.09 Å². The average molecular weight is 755 g/mol. The predicted octanol–water partition coefficient (Wildman–Crippen LogP) is 7.67. The maximum absolute atomic E-state index is 12.7. The Labute approximate surface area is 311 Å². The van der Waals surface area contributed by atoms with Crippen LogP contribution in [0.25, 0.3) is 33.6 Å². The van der Waals surface area contributed by atoms with Crippen LogP contribution in [0.1, 0.15) is 57.7 Å². The van der Waals surface area contributed by atoms with Gasteiger partial charge in [0.2, 0.25) is 11.8 Å². The number of carbonyl (C=O) groups excluding carboxylic acids is 1. The maximum Gasteiger partial charge on any atom is 0.407 e. The molecule has 3 N–H and O–H groups in total. The van der Waals surface area contributed by atoms with Crippen LogP contribution in [0.4, 0.5) is 4.79 Å². The number of hydrogen-bond acceptors (Lipinski definition) is 8. The van der Waals surface area contributed by atoms with Gasteiger partial charge in [-0.3, -0.25) is 9.78 Å². The number of pyridine rings is 2. The van der Waals surface area contributed by atoms with E-state index in [4.69, 9.17) is 37.7 Å². The molecule has 1 saturated heterocycles. The zero-order chi connectivity index (χ0) is 37.0. The van der Waals surface area contributed by atoms with Crippen LogP contribution in [0.3, 0.4) is 0 Å². The summed E-state index contributed by atoms with van der Waals surface area (Å²) in [5, 5.41) is 13.5. The minimum Gasteiger partial charge on any atom is -0.598 e. The van der Waals surface area contributed by atoms with Crippen molar-refractivity contribution in [2.45, 2.75) is 63.9 Å². The lowest BCUT2D eigenvalue weighted by Gasteiger charge is -2.27. The Kier molecular flexibility index (Phi) is 12.0. The normalized spacial score (nSPS) is 15.6. The molecule has 0 radical (unpaired) electrons. The smallest absolute Gasteiger partial charge is 0.407 e. The zero-order valence-electron chi connectivity index (χ0n) is 29.3. The van der Waals surface area contributed by atoms with Gasteiger partial charge in [0, 0.05) is 69.9 Å². The highest BCUT2D eigenvalue weighted by molar-refractivity contribution is 7.90. The summed E-state index contributed by atoms with van der Waals surface area (Å²) in [4.78, 5) is 34.2. The number of carboxylic acid groups (broad SMARTS) is 1. The maximum atomic E-state index is 12.7. The Morgan fingerprint density at radius 2 is 1.82 bits per heavy atom. The Bertz CT molecular complexity index is 1920. The monoisotopic (exact) mass is 753 g/mol. The molecule has 0 bridgehead atoms. The third-order valence-corrected chi connectivity index (χ3v) is 11.0. The number of nitrogens with one attached hydrogen (secondary N) is 2. The fraction of sp³-hybridized carbons (Fsp3) is 0.351. The van der Waals surface area contributed by atoms with Gasteiger partial charge in [-0.1, -0.05) is 53.5 Å². The molecule has 1 aliphatic heterocycles. The number of methoxy groups -OCH3 is 2. The van der Waals surface area contributed by atoms with Gasteiger partial charge in [-0.05, 0) is 58.4 Å². The summed E-state index contributed by atoms with van der Waals surface area (Å²) in [6.45, 7) is 7.85. The Morgan fingerprint density at radius 1 is 1.10 bits per heavy atom. The standard InChI is InChI=1S/C37H41Cl2N5O6S/c1-21(43-51(48)37(2,3)4)25-13-10-22(18-30(25)49-5)34-33(39)27(16-17-40-34)26-8-7-9-28(32(26)38)29-14-11-23(35(42-29)50-6)19-44(36(46)47)20-24-12-15-31(45)41-24/h7-11,13-14,16-18,21,24,43H,12,15,19-20H2,1-6H3,(H,41,45)(H,46,47)/t21?,24-,51?/m0/s1. The van der Waals surface area contributed by atoms with Crippen molar-refractivity contribution in [2.75, 3.05) is 20.8 Å². The number of aromatic nitrogens is 2. The van der Waals surface area contributed by atoms with E-state index in [-0.39, 0.29) is 37.0 Å². The molecule has 3 heterocycles. The molecule has 2 unspecified atom stereocenters. The molecular weight excluding hydrogens is 713 g/mol. The second-order valence-corrected chi connectivity index (χ2v) is 16.0. The van der Waals surface area contributed by atoms with Crippen molar-refractivity contribution >= 4 is 46.6 Å². The number of ether oxygens (including phenoxy) is 2. The van der Waals surface area contributed by atoms with E-state index in [1.54, 1.807) is 31.5 Å². The van der Waals surface area contributed by atoms with Gasteiger partial charge < -0.3 is 29.3 Å². The molecule has 0 saturated carbocycles. The molecule has 270 valence electrons. The second-order valence-electron chi connectivity index (χ2n) is 13.2. The number of rotatable bonds is 12. The summed E-state index contributed by atoms with van der Waals surface area (Å²) in [6.07, 6.45) is 1.51. The quantitative estimate of drug-likeness (QED) is 0.124. The average Bonchev–Trinajstić information content (AvgIpc) is 3.51.